The molecular formula is C20H36N4O8. The molecule has 6 atom stereocenters. The number of carbonyl (C=O) groups is 5. The van der Waals surface area contributed by atoms with Gasteiger partial charge >= 0.3 is 11.9 Å². The van der Waals surface area contributed by atoms with Gasteiger partial charge in [0.05, 0.1) is 12.1 Å². The third-order valence-electron chi connectivity index (χ3n) is 5.13. The monoisotopic (exact) mass is 460 g/mol. The van der Waals surface area contributed by atoms with Crippen molar-refractivity contribution in [2.45, 2.75) is 84.2 Å². The molecule has 3 amide bonds. The van der Waals surface area contributed by atoms with Crippen LogP contribution in [0.2, 0.25) is 0 Å². The normalized spacial score (nSPS) is 16.8. The molecule has 0 aliphatic heterocycles. The first-order valence-corrected chi connectivity index (χ1v) is 10.5. The fraction of sp³-hybridized carbons (Fsp3) is 0.750. The molecule has 6 unspecified atom stereocenters. The first kappa shape index (κ1) is 29.3. The predicted molar refractivity (Wildman–Crippen MR) is 114 cm³/mol. The van der Waals surface area contributed by atoms with Gasteiger partial charge in [0.2, 0.25) is 17.7 Å². The van der Waals surface area contributed by atoms with Crippen molar-refractivity contribution < 1.29 is 39.3 Å². The topological polar surface area (TPSA) is 208 Å². The largest absolute Gasteiger partial charge is 0.481 e. The highest BCUT2D eigenvalue weighted by Crippen LogP contribution is 2.09. The Kier molecular flexibility index (Phi) is 12.5. The Balaban J connectivity index is 5.38. The molecule has 0 rings (SSSR count). The van der Waals surface area contributed by atoms with E-state index >= 15 is 0 Å². The van der Waals surface area contributed by atoms with E-state index in [9.17, 15) is 34.2 Å². The molecular weight excluding hydrogens is 424 g/mol. The van der Waals surface area contributed by atoms with Crippen LogP contribution in [0.1, 0.15) is 53.9 Å². The van der Waals surface area contributed by atoms with Gasteiger partial charge in [-0.1, -0.05) is 34.1 Å². The summed E-state index contributed by atoms with van der Waals surface area (Å²) in [6.45, 7) is 8.23. The number of hydrogen-bond acceptors (Lipinski definition) is 7. The van der Waals surface area contributed by atoms with Crippen LogP contribution >= 0.6 is 0 Å². The van der Waals surface area contributed by atoms with Crippen LogP contribution in [-0.4, -0.2) is 75.3 Å². The number of nitrogens with one attached hydrogen (secondary N) is 3. The number of rotatable bonds is 14. The summed E-state index contributed by atoms with van der Waals surface area (Å²) in [6, 6.07) is -4.95. The minimum atomic E-state index is -1.53. The second kappa shape index (κ2) is 13.6. The Morgan fingerprint density at radius 2 is 1.34 bits per heavy atom. The minimum Gasteiger partial charge on any atom is -0.481 e. The van der Waals surface area contributed by atoms with E-state index in [1.165, 1.54) is 6.92 Å². The van der Waals surface area contributed by atoms with Crippen LogP contribution in [0.3, 0.4) is 0 Å². The van der Waals surface area contributed by atoms with Gasteiger partial charge in [0, 0.05) is 6.42 Å². The SMILES string of the molecule is CCC(C)C(N)C(=O)NC(C(=O)NC(C(=O)NC(CCC(=O)O)C(=O)O)C(C)O)C(C)C. The average Bonchev–Trinajstić information content (AvgIpc) is 2.70. The van der Waals surface area contributed by atoms with Crippen molar-refractivity contribution in [1.82, 2.24) is 16.0 Å². The summed E-state index contributed by atoms with van der Waals surface area (Å²) in [5.74, 6) is -5.51. The lowest BCUT2D eigenvalue weighted by molar-refractivity contribution is -0.144. The highest BCUT2D eigenvalue weighted by Gasteiger charge is 2.34. The number of carboxylic acids is 2. The lowest BCUT2D eigenvalue weighted by Crippen LogP contribution is -2.61. The summed E-state index contributed by atoms with van der Waals surface area (Å²) in [7, 11) is 0. The third kappa shape index (κ3) is 9.60. The van der Waals surface area contributed by atoms with Crippen LogP contribution < -0.4 is 21.7 Å². The van der Waals surface area contributed by atoms with Crippen molar-refractivity contribution in [1.29, 1.82) is 0 Å². The molecule has 0 saturated carbocycles. The van der Waals surface area contributed by atoms with E-state index in [0.717, 1.165) is 0 Å². The van der Waals surface area contributed by atoms with E-state index in [2.05, 4.69) is 16.0 Å². The molecule has 32 heavy (non-hydrogen) atoms. The summed E-state index contributed by atoms with van der Waals surface area (Å²) in [5.41, 5.74) is 5.91. The van der Waals surface area contributed by atoms with Crippen molar-refractivity contribution in [3.05, 3.63) is 0 Å². The summed E-state index contributed by atoms with van der Waals surface area (Å²) in [5, 5.41) is 34.9. The van der Waals surface area contributed by atoms with Gasteiger partial charge in [-0.2, -0.15) is 0 Å². The van der Waals surface area contributed by atoms with Crippen LogP contribution in [-0.2, 0) is 24.0 Å². The summed E-state index contributed by atoms with van der Waals surface area (Å²) < 4.78 is 0. The number of aliphatic carboxylic acids is 2. The van der Waals surface area contributed by atoms with Gasteiger partial charge in [-0.25, -0.2) is 4.79 Å². The second-order valence-corrected chi connectivity index (χ2v) is 8.20. The summed E-state index contributed by atoms with van der Waals surface area (Å²) in [6.07, 6.45) is -1.63. The molecule has 12 nitrogen and oxygen atoms in total. The van der Waals surface area contributed by atoms with Crippen molar-refractivity contribution in [3.63, 3.8) is 0 Å². The smallest absolute Gasteiger partial charge is 0.326 e. The summed E-state index contributed by atoms with van der Waals surface area (Å²) >= 11 is 0. The number of carboxylic acid groups (broad SMARTS) is 2. The highest BCUT2D eigenvalue weighted by atomic mass is 16.4. The van der Waals surface area contributed by atoms with Gasteiger partial charge in [0.25, 0.3) is 0 Å². The van der Waals surface area contributed by atoms with E-state index in [1.807, 2.05) is 6.92 Å². The number of amides is 3. The quantitative estimate of drug-likeness (QED) is 0.166. The first-order chi connectivity index (χ1) is 14.7. The minimum absolute atomic E-state index is 0.124. The van der Waals surface area contributed by atoms with Crippen molar-refractivity contribution >= 4 is 29.7 Å². The molecule has 8 N–H and O–H groups in total. The zero-order valence-electron chi connectivity index (χ0n) is 19.1. The molecule has 0 bridgehead atoms. The zero-order valence-corrected chi connectivity index (χ0v) is 19.1. The number of hydrogen-bond donors (Lipinski definition) is 7. The van der Waals surface area contributed by atoms with Crippen molar-refractivity contribution in [3.8, 4) is 0 Å². The molecule has 0 spiro atoms. The molecule has 12 heteroatoms. The van der Waals surface area contributed by atoms with Gasteiger partial charge in [-0.3, -0.25) is 19.2 Å². The molecule has 0 aromatic carbocycles. The molecule has 184 valence electrons. The number of carbonyl (C=O) groups excluding carboxylic acids is 3. The lowest BCUT2D eigenvalue weighted by atomic mass is 9.97. The van der Waals surface area contributed by atoms with Crippen LogP contribution in [0.25, 0.3) is 0 Å². The van der Waals surface area contributed by atoms with Gasteiger partial charge in [-0.15, -0.1) is 0 Å². The maximum Gasteiger partial charge on any atom is 0.326 e. The lowest BCUT2D eigenvalue weighted by Gasteiger charge is -2.28. The standard InChI is InChI=1S/C20H36N4O8/c1-6-10(4)14(21)17(28)23-15(9(2)3)18(29)24-16(11(5)25)19(30)22-12(20(31)32)7-8-13(26)27/h9-12,14-16,25H,6-8,21H2,1-5H3,(H,22,30)(H,23,28)(H,24,29)(H,26,27)(H,31,32). The Hall–Kier alpha value is -2.73. The van der Waals surface area contributed by atoms with E-state index in [0.29, 0.717) is 6.42 Å². The Bertz CT molecular complexity index is 683. The number of aliphatic hydroxyl groups excluding tert-OH is 1. The van der Waals surface area contributed by atoms with Crippen LogP contribution in [0.15, 0.2) is 0 Å². The molecule has 0 radical (unpaired) electrons. The van der Waals surface area contributed by atoms with Crippen molar-refractivity contribution in [2.24, 2.45) is 17.6 Å². The Morgan fingerprint density at radius 1 is 0.844 bits per heavy atom. The third-order valence-corrected chi connectivity index (χ3v) is 5.13. The fourth-order valence-corrected chi connectivity index (χ4v) is 2.73. The van der Waals surface area contributed by atoms with Crippen LogP contribution in [0.5, 0.6) is 0 Å². The van der Waals surface area contributed by atoms with Gasteiger partial charge in [0.1, 0.15) is 18.1 Å². The first-order valence-electron chi connectivity index (χ1n) is 10.5. The maximum absolute atomic E-state index is 12.8. The molecule has 0 aromatic rings. The van der Waals surface area contributed by atoms with Crippen molar-refractivity contribution in [2.75, 3.05) is 0 Å². The maximum atomic E-state index is 12.8. The number of nitrogens with two attached hydrogens (primary N) is 1. The Morgan fingerprint density at radius 3 is 1.75 bits per heavy atom. The molecule has 0 aliphatic carbocycles. The fourth-order valence-electron chi connectivity index (χ4n) is 2.73. The van der Waals surface area contributed by atoms with E-state index in [4.69, 9.17) is 10.8 Å². The second-order valence-electron chi connectivity index (χ2n) is 8.20. The molecule has 0 aliphatic rings. The van der Waals surface area contributed by atoms with Gasteiger partial charge < -0.3 is 37.0 Å². The number of aliphatic hydroxyl groups is 1. The van der Waals surface area contributed by atoms with Crippen LogP contribution in [0.4, 0.5) is 0 Å². The molecule has 0 saturated heterocycles. The highest BCUT2D eigenvalue weighted by molar-refractivity contribution is 5.94. The van der Waals surface area contributed by atoms with Gasteiger partial charge in [0.15, 0.2) is 0 Å². The summed E-state index contributed by atoms with van der Waals surface area (Å²) in [4.78, 5) is 59.7. The van der Waals surface area contributed by atoms with Crippen LogP contribution in [0, 0.1) is 11.8 Å². The molecule has 0 fully saturated rings. The van der Waals surface area contributed by atoms with E-state index < -0.39 is 66.4 Å². The predicted octanol–water partition coefficient (Wildman–Crippen LogP) is -1.20. The zero-order chi connectivity index (χ0) is 25.2. The Labute approximate surface area is 187 Å². The molecule has 0 aromatic heterocycles. The van der Waals surface area contributed by atoms with E-state index in [1.54, 1.807) is 20.8 Å². The average molecular weight is 461 g/mol. The molecule has 0 heterocycles. The van der Waals surface area contributed by atoms with Gasteiger partial charge in [-0.05, 0) is 25.2 Å². The van der Waals surface area contributed by atoms with E-state index in [-0.39, 0.29) is 18.3 Å².